The van der Waals surface area contributed by atoms with Gasteiger partial charge in [-0.3, -0.25) is 4.57 Å². The summed E-state index contributed by atoms with van der Waals surface area (Å²) < 4.78 is 2.67. The zero-order valence-corrected chi connectivity index (χ0v) is 13.4. The third kappa shape index (κ3) is 2.88. The first-order valence-corrected chi connectivity index (χ1v) is 8.03. The molecule has 5 heteroatoms. The second-order valence-corrected chi connectivity index (χ2v) is 6.42. The molecule has 1 aliphatic rings. The van der Waals surface area contributed by atoms with Crippen LogP contribution in [0, 0.1) is 10.7 Å². The fourth-order valence-electron chi connectivity index (χ4n) is 3.25. The molecule has 1 N–H and O–H groups in total. The van der Waals surface area contributed by atoms with Crippen LogP contribution >= 0.6 is 12.2 Å². The summed E-state index contributed by atoms with van der Waals surface area (Å²) >= 11 is 5.42. The Morgan fingerprint density at radius 1 is 1.29 bits per heavy atom. The lowest BCUT2D eigenvalue weighted by molar-refractivity contribution is 0.334. The summed E-state index contributed by atoms with van der Waals surface area (Å²) in [5.41, 5.74) is 1.06. The maximum atomic E-state index is 5.42. The van der Waals surface area contributed by atoms with Gasteiger partial charge in [0.25, 0.3) is 0 Å². The van der Waals surface area contributed by atoms with Gasteiger partial charge >= 0.3 is 0 Å². The summed E-state index contributed by atoms with van der Waals surface area (Å²) in [6.07, 6.45) is 5.10. The average molecular weight is 302 g/mol. The Kier molecular flexibility index (Phi) is 4.10. The molecule has 2 atom stereocenters. The maximum Gasteiger partial charge on any atom is 0.230 e. The molecule has 2 unspecified atom stereocenters. The third-order valence-electron chi connectivity index (χ3n) is 4.44. The average Bonchev–Trinajstić information content (AvgIpc) is 2.89. The minimum absolute atomic E-state index is 0.543. The zero-order chi connectivity index (χ0) is 14.8. The molecule has 1 aromatic heterocycles. The van der Waals surface area contributed by atoms with E-state index in [2.05, 4.69) is 41.2 Å². The minimum atomic E-state index is 0.543. The van der Waals surface area contributed by atoms with Gasteiger partial charge in [0.2, 0.25) is 10.7 Å². The summed E-state index contributed by atoms with van der Waals surface area (Å²) in [5.74, 6) is 1.70. The molecule has 1 heterocycles. The summed E-state index contributed by atoms with van der Waals surface area (Å²) in [4.78, 5) is 2.29. The number of nitrogens with zero attached hydrogens (tertiary/aromatic N) is 3. The van der Waals surface area contributed by atoms with E-state index in [4.69, 9.17) is 12.2 Å². The number of anilines is 1. The molecule has 0 saturated heterocycles. The molecule has 21 heavy (non-hydrogen) atoms. The van der Waals surface area contributed by atoms with Crippen molar-refractivity contribution in [2.24, 2.45) is 5.92 Å². The van der Waals surface area contributed by atoms with Crippen molar-refractivity contribution in [1.29, 1.82) is 0 Å². The Hall–Kier alpha value is -1.62. The van der Waals surface area contributed by atoms with Gasteiger partial charge in [-0.1, -0.05) is 38.0 Å². The van der Waals surface area contributed by atoms with Gasteiger partial charge in [0.1, 0.15) is 0 Å². The standard InChI is InChI=1S/C16H22N4S/c1-12-7-6-10-14(11-12)19(2)15-17-18-16(21)20(15)13-8-4-3-5-9-13/h3-5,8-9,12,14H,6-7,10-11H2,1-2H3,(H,18,21). The van der Waals surface area contributed by atoms with E-state index < -0.39 is 0 Å². The van der Waals surface area contributed by atoms with Crippen LogP contribution in [0.3, 0.4) is 0 Å². The van der Waals surface area contributed by atoms with Crippen LogP contribution in [-0.4, -0.2) is 27.9 Å². The number of benzene rings is 1. The van der Waals surface area contributed by atoms with Crippen molar-refractivity contribution >= 4 is 18.2 Å². The Morgan fingerprint density at radius 3 is 2.76 bits per heavy atom. The van der Waals surface area contributed by atoms with Crippen LogP contribution in [0.2, 0.25) is 0 Å². The largest absolute Gasteiger partial charge is 0.341 e. The lowest BCUT2D eigenvalue weighted by atomic mass is 9.86. The highest BCUT2D eigenvalue weighted by molar-refractivity contribution is 7.71. The monoisotopic (exact) mass is 302 g/mol. The third-order valence-corrected chi connectivity index (χ3v) is 4.71. The number of aromatic amines is 1. The molecule has 0 aliphatic heterocycles. The molecule has 0 spiro atoms. The predicted molar refractivity (Wildman–Crippen MR) is 88.6 cm³/mol. The van der Waals surface area contributed by atoms with E-state index >= 15 is 0 Å². The van der Waals surface area contributed by atoms with Crippen LogP contribution in [0.15, 0.2) is 30.3 Å². The van der Waals surface area contributed by atoms with Crippen molar-refractivity contribution < 1.29 is 0 Å². The lowest BCUT2D eigenvalue weighted by Gasteiger charge is -2.34. The number of para-hydroxylation sites is 1. The molecular weight excluding hydrogens is 280 g/mol. The van der Waals surface area contributed by atoms with Crippen LogP contribution < -0.4 is 4.90 Å². The molecule has 2 aromatic rings. The van der Waals surface area contributed by atoms with Crippen molar-refractivity contribution in [3.8, 4) is 5.69 Å². The van der Waals surface area contributed by atoms with Gasteiger partial charge < -0.3 is 4.90 Å². The number of hydrogen-bond acceptors (Lipinski definition) is 3. The first kappa shape index (κ1) is 14.3. The molecule has 1 aromatic carbocycles. The molecule has 4 nitrogen and oxygen atoms in total. The molecular formula is C16H22N4S. The van der Waals surface area contributed by atoms with E-state index in [1.54, 1.807) is 0 Å². The van der Waals surface area contributed by atoms with Crippen LogP contribution in [0.1, 0.15) is 32.6 Å². The van der Waals surface area contributed by atoms with Gasteiger partial charge in [-0.2, -0.15) is 0 Å². The molecule has 1 fully saturated rings. The quantitative estimate of drug-likeness (QED) is 0.872. The fourth-order valence-corrected chi connectivity index (χ4v) is 3.48. The van der Waals surface area contributed by atoms with Crippen molar-refractivity contribution in [2.75, 3.05) is 11.9 Å². The Balaban J connectivity index is 1.94. The second-order valence-electron chi connectivity index (χ2n) is 6.04. The highest BCUT2D eigenvalue weighted by Crippen LogP contribution is 2.29. The minimum Gasteiger partial charge on any atom is -0.341 e. The van der Waals surface area contributed by atoms with E-state index in [9.17, 15) is 0 Å². The zero-order valence-electron chi connectivity index (χ0n) is 12.6. The van der Waals surface area contributed by atoms with Crippen LogP contribution in [0.4, 0.5) is 5.95 Å². The summed E-state index contributed by atoms with van der Waals surface area (Å²) in [6, 6.07) is 10.7. The molecule has 1 saturated carbocycles. The van der Waals surface area contributed by atoms with E-state index in [0.29, 0.717) is 10.8 Å². The first-order valence-electron chi connectivity index (χ1n) is 7.62. The molecule has 0 radical (unpaired) electrons. The van der Waals surface area contributed by atoms with Gasteiger partial charge in [-0.15, -0.1) is 5.10 Å². The number of rotatable bonds is 3. The van der Waals surface area contributed by atoms with E-state index in [0.717, 1.165) is 17.6 Å². The number of H-pyrrole nitrogens is 1. The Bertz CT molecular complexity index is 646. The second kappa shape index (κ2) is 6.02. The highest BCUT2D eigenvalue weighted by atomic mass is 32.1. The predicted octanol–water partition coefficient (Wildman–Crippen LogP) is 3.94. The smallest absolute Gasteiger partial charge is 0.230 e. The Labute approximate surface area is 130 Å². The molecule has 0 bridgehead atoms. The normalized spacial score (nSPS) is 22.2. The van der Waals surface area contributed by atoms with Crippen molar-refractivity contribution in [3.63, 3.8) is 0 Å². The van der Waals surface area contributed by atoms with E-state index in [1.165, 1.54) is 25.7 Å². The molecule has 0 amide bonds. The number of nitrogens with one attached hydrogen (secondary N) is 1. The van der Waals surface area contributed by atoms with Crippen molar-refractivity contribution in [1.82, 2.24) is 14.8 Å². The van der Waals surface area contributed by atoms with E-state index in [-0.39, 0.29) is 0 Å². The number of aromatic nitrogens is 3. The Morgan fingerprint density at radius 2 is 2.05 bits per heavy atom. The van der Waals surface area contributed by atoms with Crippen LogP contribution in [-0.2, 0) is 0 Å². The van der Waals surface area contributed by atoms with Gasteiger partial charge in [-0.25, -0.2) is 5.10 Å². The lowest BCUT2D eigenvalue weighted by Crippen LogP contribution is -2.37. The van der Waals surface area contributed by atoms with Crippen LogP contribution in [0.5, 0.6) is 0 Å². The summed E-state index contributed by atoms with van der Waals surface area (Å²) in [5, 5.41) is 7.41. The first-order chi connectivity index (χ1) is 10.2. The van der Waals surface area contributed by atoms with Crippen molar-refractivity contribution in [2.45, 2.75) is 38.6 Å². The maximum absolute atomic E-state index is 5.42. The van der Waals surface area contributed by atoms with Gasteiger partial charge in [0.15, 0.2) is 0 Å². The van der Waals surface area contributed by atoms with Crippen LogP contribution in [0.25, 0.3) is 5.69 Å². The summed E-state index contributed by atoms with van der Waals surface area (Å²) in [7, 11) is 2.13. The van der Waals surface area contributed by atoms with Gasteiger partial charge in [0, 0.05) is 13.1 Å². The van der Waals surface area contributed by atoms with Crippen molar-refractivity contribution in [3.05, 3.63) is 35.1 Å². The van der Waals surface area contributed by atoms with Gasteiger partial charge in [0.05, 0.1) is 5.69 Å². The topological polar surface area (TPSA) is 36.9 Å². The van der Waals surface area contributed by atoms with E-state index in [1.807, 2.05) is 22.8 Å². The fraction of sp³-hybridized carbons (Fsp3) is 0.500. The highest BCUT2D eigenvalue weighted by Gasteiger charge is 2.25. The molecule has 112 valence electrons. The number of hydrogen-bond donors (Lipinski definition) is 1. The molecule has 3 rings (SSSR count). The molecule has 1 aliphatic carbocycles. The van der Waals surface area contributed by atoms with Gasteiger partial charge in [-0.05, 0) is 43.1 Å². The SMILES string of the molecule is CC1CCCC(N(C)c2n[nH]c(=S)n2-c2ccccc2)C1. The summed E-state index contributed by atoms with van der Waals surface area (Å²) in [6.45, 7) is 2.34.